The van der Waals surface area contributed by atoms with Crippen molar-refractivity contribution in [3.05, 3.63) is 66.7 Å². The summed E-state index contributed by atoms with van der Waals surface area (Å²) < 4.78 is 10.7. The van der Waals surface area contributed by atoms with Gasteiger partial charge in [-0.15, -0.1) is 0 Å². The minimum absolute atomic E-state index is 0.459. The topological polar surface area (TPSA) is 42.8 Å². The number of para-hydroxylation sites is 2. The lowest BCUT2D eigenvalue weighted by Crippen LogP contribution is -1.98. The molecule has 2 aromatic carbocycles. The Bertz CT molecular complexity index is 606. The SMILES string of the molecule is C=CCOc1ccccc1N/N=C\c1ccc(OC)cc1. The van der Waals surface area contributed by atoms with Crippen molar-refractivity contribution in [3.63, 3.8) is 0 Å². The third-order valence-corrected chi connectivity index (χ3v) is 2.76. The van der Waals surface area contributed by atoms with Crippen molar-refractivity contribution in [1.29, 1.82) is 0 Å². The number of ether oxygens (including phenoxy) is 2. The molecule has 0 saturated heterocycles. The van der Waals surface area contributed by atoms with Crippen molar-refractivity contribution >= 4 is 11.9 Å². The molecule has 0 unspecified atom stereocenters. The zero-order valence-electron chi connectivity index (χ0n) is 12.0. The number of hydrogen-bond acceptors (Lipinski definition) is 4. The maximum absolute atomic E-state index is 5.55. The van der Waals surface area contributed by atoms with E-state index >= 15 is 0 Å². The smallest absolute Gasteiger partial charge is 0.144 e. The molecule has 108 valence electrons. The Labute approximate surface area is 124 Å². The lowest BCUT2D eigenvalue weighted by Gasteiger charge is -2.08. The van der Waals surface area contributed by atoms with Gasteiger partial charge < -0.3 is 9.47 Å². The summed E-state index contributed by atoms with van der Waals surface area (Å²) in [5.74, 6) is 1.56. The molecule has 2 rings (SSSR count). The molecule has 0 radical (unpaired) electrons. The second kappa shape index (κ2) is 7.75. The first-order valence-corrected chi connectivity index (χ1v) is 6.59. The molecule has 1 N–H and O–H groups in total. The molecular weight excluding hydrogens is 264 g/mol. The van der Waals surface area contributed by atoms with Crippen molar-refractivity contribution < 1.29 is 9.47 Å². The number of hydrazone groups is 1. The van der Waals surface area contributed by atoms with Gasteiger partial charge >= 0.3 is 0 Å². The second-order valence-electron chi connectivity index (χ2n) is 4.24. The first kappa shape index (κ1) is 14.7. The van der Waals surface area contributed by atoms with Gasteiger partial charge in [-0.1, -0.05) is 24.8 Å². The molecule has 0 saturated carbocycles. The van der Waals surface area contributed by atoms with Gasteiger partial charge in [-0.2, -0.15) is 5.10 Å². The van der Waals surface area contributed by atoms with Crippen LogP contribution in [0.3, 0.4) is 0 Å². The number of anilines is 1. The largest absolute Gasteiger partial charge is 0.497 e. The van der Waals surface area contributed by atoms with Crippen LogP contribution in [0.4, 0.5) is 5.69 Å². The molecular formula is C17H18N2O2. The van der Waals surface area contributed by atoms with Gasteiger partial charge in [0.15, 0.2) is 0 Å². The Morgan fingerprint density at radius 2 is 1.90 bits per heavy atom. The van der Waals surface area contributed by atoms with Crippen LogP contribution in [0.5, 0.6) is 11.5 Å². The minimum Gasteiger partial charge on any atom is -0.497 e. The van der Waals surface area contributed by atoms with Crippen molar-refractivity contribution in [1.82, 2.24) is 0 Å². The van der Waals surface area contributed by atoms with E-state index in [0.29, 0.717) is 6.61 Å². The van der Waals surface area contributed by atoms with Crippen LogP contribution >= 0.6 is 0 Å². The van der Waals surface area contributed by atoms with Crippen LogP contribution in [-0.4, -0.2) is 19.9 Å². The predicted octanol–water partition coefficient (Wildman–Crippen LogP) is 3.71. The maximum atomic E-state index is 5.55. The number of nitrogens with zero attached hydrogens (tertiary/aromatic N) is 1. The molecule has 4 heteroatoms. The standard InChI is InChI=1S/C17H18N2O2/c1-3-12-21-17-7-5-4-6-16(17)19-18-13-14-8-10-15(20-2)11-9-14/h3-11,13,19H,1,12H2,2H3/b18-13-. The summed E-state index contributed by atoms with van der Waals surface area (Å²) >= 11 is 0. The van der Waals surface area contributed by atoms with Crippen molar-refractivity contribution in [2.75, 3.05) is 19.1 Å². The fraction of sp³-hybridized carbons (Fsp3) is 0.118. The Morgan fingerprint density at radius 1 is 1.14 bits per heavy atom. The van der Waals surface area contributed by atoms with Gasteiger partial charge in [0, 0.05) is 0 Å². The number of methoxy groups -OCH3 is 1. The van der Waals surface area contributed by atoms with Crippen LogP contribution in [0, 0.1) is 0 Å². The van der Waals surface area contributed by atoms with E-state index in [4.69, 9.17) is 9.47 Å². The first-order valence-electron chi connectivity index (χ1n) is 6.59. The lowest BCUT2D eigenvalue weighted by molar-refractivity contribution is 0.365. The Morgan fingerprint density at radius 3 is 2.62 bits per heavy atom. The van der Waals surface area contributed by atoms with E-state index < -0.39 is 0 Å². The normalized spacial score (nSPS) is 10.3. The fourth-order valence-electron chi connectivity index (χ4n) is 1.70. The highest BCUT2D eigenvalue weighted by molar-refractivity contribution is 5.80. The molecule has 0 aromatic heterocycles. The Kier molecular flexibility index (Phi) is 5.41. The number of benzene rings is 2. The van der Waals surface area contributed by atoms with Crippen LogP contribution in [0.1, 0.15) is 5.56 Å². The highest BCUT2D eigenvalue weighted by Gasteiger charge is 2.00. The maximum Gasteiger partial charge on any atom is 0.144 e. The lowest BCUT2D eigenvalue weighted by atomic mass is 10.2. The monoisotopic (exact) mass is 282 g/mol. The Balaban J connectivity index is 2.01. The average molecular weight is 282 g/mol. The highest BCUT2D eigenvalue weighted by atomic mass is 16.5. The van der Waals surface area contributed by atoms with E-state index in [2.05, 4.69) is 17.1 Å². The number of hydrogen-bond donors (Lipinski definition) is 1. The molecule has 0 heterocycles. The van der Waals surface area contributed by atoms with E-state index in [9.17, 15) is 0 Å². The van der Waals surface area contributed by atoms with E-state index in [0.717, 1.165) is 22.7 Å². The van der Waals surface area contributed by atoms with Gasteiger partial charge in [0.05, 0.1) is 19.0 Å². The summed E-state index contributed by atoms with van der Waals surface area (Å²) in [5, 5.41) is 4.21. The van der Waals surface area contributed by atoms with Crippen LogP contribution < -0.4 is 14.9 Å². The molecule has 0 atom stereocenters. The molecule has 0 fully saturated rings. The van der Waals surface area contributed by atoms with Gasteiger partial charge in [-0.05, 0) is 42.0 Å². The molecule has 0 spiro atoms. The molecule has 4 nitrogen and oxygen atoms in total. The van der Waals surface area contributed by atoms with Gasteiger partial charge in [-0.25, -0.2) is 0 Å². The van der Waals surface area contributed by atoms with Gasteiger partial charge in [0.25, 0.3) is 0 Å². The molecule has 21 heavy (non-hydrogen) atoms. The third kappa shape index (κ3) is 4.38. The van der Waals surface area contributed by atoms with Crippen LogP contribution in [0.25, 0.3) is 0 Å². The summed E-state index contributed by atoms with van der Waals surface area (Å²) in [7, 11) is 1.64. The van der Waals surface area contributed by atoms with Crippen LogP contribution in [0.2, 0.25) is 0 Å². The van der Waals surface area contributed by atoms with E-state index in [1.165, 1.54) is 0 Å². The summed E-state index contributed by atoms with van der Waals surface area (Å²) in [5.41, 5.74) is 4.77. The van der Waals surface area contributed by atoms with Crippen LogP contribution in [-0.2, 0) is 0 Å². The fourth-order valence-corrected chi connectivity index (χ4v) is 1.70. The summed E-state index contributed by atoms with van der Waals surface area (Å²) in [6.45, 7) is 4.10. The zero-order chi connectivity index (χ0) is 14.9. The van der Waals surface area contributed by atoms with Crippen molar-refractivity contribution in [3.8, 4) is 11.5 Å². The van der Waals surface area contributed by atoms with Crippen molar-refractivity contribution in [2.45, 2.75) is 0 Å². The number of nitrogens with one attached hydrogen (secondary N) is 1. The molecule has 0 aliphatic heterocycles. The Hall–Kier alpha value is -2.75. The van der Waals surface area contributed by atoms with E-state index in [1.54, 1.807) is 19.4 Å². The third-order valence-electron chi connectivity index (χ3n) is 2.76. The van der Waals surface area contributed by atoms with Crippen LogP contribution in [0.15, 0.2) is 66.3 Å². The molecule has 0 amide bonds. The van der Waals surface area contributed by atoms with Gasteiger partial charge in [0.2, 0.25) is 0 Å². The predicted molar refractivity (Wildman–Crippen MR) is 86.3 cm³/mol. The summed E-state index contributed by atoms with van der Waals surface area (Å²) in [4.78, 5) is 0. The second-order valence-corrected chi connectivity index (χ2v) is 4.24. The summed E-state index contributed by atoms with van der Waals surface area (Å²) in [6.07, 6.45) is 3.45. The minimum atomic E-state index is 0.459. The first-order chi connectivity index (χ1) is 10.3. The summed E-state index contributed by atoms with van der Waals surface area (Å²) in [6, 6.07) is 15.3. The molecule has 2 aromatic rings. The van der Waals surface area contributed by atoms with E-state index in [-0.39, 0.29) is 0 Å². The van der Waals surface area contributed by atoms with E-state index in [1.807, 2.05) is 48.5 Å². The average Bonchev–Trinajstić information content (AvgIpc) is 2.54. The van der Waals surface area contributed by atoms with Gasteiger partial charge in [-0.3, -0.25) is 5.43 Å². The molecule has 0 aliphatic rings. The highest BCUT2D eigenvalue weighted by Crippen LogP contribution is 2.23. The van der Waals surface area contributed by atoms with Crippen molar-refractivity contribution in [2.24, 2.45) is 5.10 Å². The molecule has 0 aliphatic carbocycles. The molecule has 0 bridgehead atoms. The zero-order valence-corrected chi connectivity index (χ0v) is 12.0. The van der Waals surface area contributed by atoms with Gasteiger partial charge in [0.1, 0.15) is 18.1 Å². The number of rotatable bonds is 7. The quantitative estimate of drug-likeness (QED) is 0.478.